The van der Waals surface area contributed by atoms with Gasteiger partial charge in [0.1, 0.15) is 11.0 Å². The number of anilines is 3. The largest absolute Gasteiger partial charge is 0.493 e. The molecule has 4 heterocycles. The number of ether oxygens (including phenoxy) is 5. The smallest absolute Gasteiger partial charge is 0.228 e. The maximum atomic E-state index is 6.57. The van der Waals surface area contributed by atoms with E-state index in [0.29, 0.717) is 53.9 Å². The lowest BCUT2D eigenvalue weighted by atomic mass is 10.1. The Hall–Kier alpha value is -3.39. The second-order valence-corrected chi connectivity index (χ2v) is 11.4. The lowest BCUT2D eigenvalue weighted by Crippen LogP contribution is -2.45. The van der Waals surface area contributed by atoms with Gasteiger partial charge in [-0.05, 0) is 49.2 Å². The van der Waals surface area contributed by atoms with Gasteiger partial charge in [-0.1, -0.05) is 0 Å². The molecular weight excluding hydrogens is 588 g/mol. The Morgan fingerprint density at radius 2 is 1.41 bits per heavy atom. The van der Waals surface area contributed by atoms with Gasteiger partial charge in [0, 0.05) is 66.6 Å². The zero-order valence-corrected chi connectivity index (χ0v) is 27.3. The van der Waals surface area contributed by atoms with Crippen molar-refractivity contribution in [2.45, 2.75) is 25.5 Å². The van der Waals surface area contributed by atoms with E-state index in [1.165, 1.54) is 0 Å². The van der Waals surface area contributed by atoms with E-state index in [-0.39, 0.29) is 11.4 Å². The first-order valence-electron chi connectivity index (χ1n) is 14.9. The Morgan fingerprint density at radius 1 is 0.795 bits per heavy atom. The number of hydrogen-bond donors (Lipinski definition) is 0. The SMILES string of the molecule is COCCN(Cc1cc(OC)c(OC)c(OC)c1)c1nc(N2CCC(OC)CC2)c2nc(Cl)nc(N3CCN(C)CC3)c2n1. The van der Waals surface area contributed by atoms with Gasteiger partial charge >= 0.3 is 0 Å². The lowest BCUT2D eigenvalue weighted by molar-refractivity contribution is 0.0818. The zero-order chi connectivity index (χ0) is 31.2. The van der Waals surface area contributed by atoms with Crippen LogP contribution in [-0.4, -0.2) is 126 Å². The van der Waals surface area contributed by atoms with Gasteiger partial charge < -0.3 is 43.3 Å². The number of piperidine rings is 1. The molecule has 0 amide bonds. The van der Waals surface area contributed by atoms with Crippen molar-refractivity contribution in [1.82, 2.24) is 24.8 Å². The summed E-state index contributed by atoms with van der Waals surface area (Å²) in [6, 6.07) is 3.88. The molecule has 3 aromatic rings. The van der Waals surface area contributed by atoms with Crippen molar-refractivity contribution in [2.24, 2.45) is 0 Å². The zero-order valence-electron chi connectivity index (χ0n) is 26.5. The van der Waals surface area contributed by atoms with Crippen molar-refractivity contribution in [1.29, 1.82) is 0 Å². The number of aromatic nitrogens is 4. The molecule has 2 aromatic heterocycles. The van der Waals surface area contributed by atoms with Crippen LogP contribution in [0.1, 0.15) is 18.4 Å². The Morgan fingerprint density at radius 3 is 2.00 bits per heavy atom. The molecule has 0 aliphatic carbocycles. The molecule has 1 aromatic carbocycles. The van der Waals surface area contributed by atoms with Crippen LogP contribution >= 0.6 is 11.6 Å². The Labute approximate surface area is 264 Å². The number of methoxy groups -OCH3 is 5. The number of rotatable bonds is 12. The van der Waals surface area contributed by atoms with Crippen LogP contribution in [0.3, 0.4) is 0 Å². The molecule has 13 nitrogen and oxygen atoms in total. The van der Waals surface area contributed by atoms with E-state index in [1.807, 2.05) is 12.1 Å². The van der Waals surface area contributed by atoms with Gasteiger partial charge in [0.2, 0.25) is 17.0 Å². The Balaban J connectivity index is 1.63. The summed E-state index contributed by atoms with van der Waals surface area (Å²) in [5.74, 6) is 3.71. The van der Waals surface area contributed by atoms with Crippen LogP contribution in [0.5, 0.6) is 17.2 Å². The molecule has 14 heteroatoms. The fraction of sp³-hybridized carbons (Fsp3) is 0.600. The van der Waals surface area contributed by atoms with Crippen LogP contribution in [0.2, 0.25) is 5.28 Å². The average molecular weight is 631 g/mol. The lowest BCUT2D eigenvalue weighted by Gasteiger charge is -2.35. The van der Waals surface area contributed by atoms with Gasteiger partial charge in [-0.3, -0.25) is 0 Å². The number of hydrogen-bond acceptors (Lipinski definition) is 13. The predicted octanol–water partition coefficient (Wildman–Crippen LogP) is 3.12. The van der Waals surface area contributed by atoms with Gasteiger partial charge in [-0.2, -0.15) is 9.97 Å². The molecule has 0 spiro atoms. The van der Waals surface area contributed by atoms with Gasteiger partial charge in [-0.15, -0.1) is 0 Å². The molecule has 0 N–H and O–H groups in total. The van der Waals surface area contributed by atoms with Crippen LogP contribution in [-0.2, 0) is 16.0 Å². The van der Waals surface area contributed by atoms with Crippen LogP contribution in [0.15, 0.2) is 12.1 Å². The van der Waals surface area contributed by atoms with Crippen molar-refractivity contribution in [3.8, 4) is 17.2 Å². The van der Waals surface area contributed by atoms with Crippen LogP contribution in [0.25, 0.3) is 11.0 Å². The van der Waals surface area contributed by atoms with E-state index < -0.39 is 0 Å². The van der Waals surface area contributed by atoms with E-state index in [1.54, 1.807) is 35.5 Å². The molecule has 2 aliphatic rings. The molecule has 2 fully saturated rings. The van der Waals surface area contributed by atoms with Crippen molar-refractivity contribution in [3.63, 3.8) is 0 Å². The third-order valence-electron chi connectivity index (χ3n) is 8.29. The van der Waals surface area contributed by atoms with Gasteiger partial charge in [0.05, 0.1) is 34.0 Å². The molecular formula is C30H43ClN8O5. The first-order valence-corrected chi connectivity index (χ1v) is 15.3. The molecule has 0 radical (unpaired) electrons. The van der Waals surface area contributed by atoms with Gasteiger partial charge in [0.15, 0.2) is 23.1 Å². The summed E-state index contributed by atoms with van der Waals surface area (Å²) in [6.45, 7) is 6.50. The van der Waals surface area contributed by atoms with Crippen molar-refractivity contribution >= 4 is 40.2 Å². The summed E-state index contributed by atoms with van der Waals surface area (Å²) in [5, 5.41) is 0.185. The standard InChI is InChI=1S/C30H43ClN8O5/c1-36-11-13-38(14-12-36)27-25-24(32-29(31)34-27)28(37-9-7-21(41-3)8-10-37)35-30(33-25)39(15-16-40-2)19-20-17-22(42-4)26(44-6)23(18-20)43-5/h17-18,21H,7-16,19H2,1-6H3. The molecule has 0 saturated carbocycles. The molecule has 240 valence electrons. The number of benzene rings is 1. The maximum absolute atomic E-state index is 6.57. The van der Waals surface area contributed by atoms with Crippen LogP contribution in [0.4, 0.5) is 17.6 Å². The highest BCUT2D eigenvalue weighted by Gasteiger charge is 2.28. The normalized spacial score (nSPS) is 16.4. The molecule has 44 heavy (non-hydrogen) atoms. The van der Waals surface area contributed by atoms with Crippen molar-refractivity contribution in [3.05, 3.63) is 23.0 Å². The Bertz CT molecular complexity index is 1390. The second kappa shape index (κ2) is 14.6. The Kier molecular flexibility index (Phi) is 10.6. The van der Waals surface area contributed by atoms with E-state index in [0.717, 1.165) is 69.3 Å². The number of halogens is 1. The molecule has 2 saturated heterocycles. The summed E-state index contributed by atoms with van der Waals surface area (Å²) in [5.41, 5.74) is 2.27. The summed E-state index contributed by atoms with van der Waals surface area (Å²) < 4.78 is 28.0. The van der Waals surface area contributed by atoms with Gasteiger partial charge in [0.25, 0.3) is 0 Å². The van der Waals surface area contributed by atoms with Crippen molar-refractivity contribution in [2.75, 3.05) is 110 Å². The quantitative estimate of drug-likeness (QED) is 0.274. The second-order valence-electron chi connectivity index (χ2n) is 11.0. The monoisotopic (exact) mass is 630 g/mol. The number of likely N-dealkylation sites (N-methyl/N-ethyl adjacent to an activating group) is 1. The number of fused-ring (bicyclic) bond motifs is 1. The van der Waals surface area contributed by atoms with E-state index in [9.17, 15) is 0 Å². The minimum Gasteiger partial charge on any atom is -0.493 e. The third kappa shape index (κ3) is 6.96. The van der Waals surface area contributed by atoms with Crippen molar-refractivity contribution < 1.29 is 23.7 Å². The van der Waals surface area contributed by atoms with Crippen LogP contribution < -0.4 is 28.9 Å². The predicted molar refractivity (Wildman–Crippen MR) is 171 cm³/mol. The summed E-state index contributed by atoms with van der Waals surface area (Å²) in [6.07, 6.45) is 2.00. The summed E-state index contributed by atoms with van der Waals surface area (Å²) >= 11 is 6.57. The van der Waals surface area contributed by atoms with E-state index in [2.05, 4.69) is 26.6 Å². The number of nitrogens with zero attached hydrogens (tertiary/aromatic N) is 8. The molecule has 0 atom stereocenters. The highest BCUT2D eigenvalue weighted by Crippen LogP contribution is 2.39. The summed E-state index contributed by atoms with van der Waals surface area (Å²) in [4.78, 5) is 28.6. The topological polar surface area (TPSA) is 111 Å². The first kappa shape index (κ1) is 32.0. The van der Waals surface area contributed by atoms with E-state index in [4.69, 9.17) is 55.2 Å². The highest BCUT2D eigenvalue weighted by atomic mass is 35.5. The summed E-state index contributed by atoms with van der Waals surface area (Å²) in [7, 11) is 10.4. The fourth-order valence-electron chi connectivity index (χ4n) is 5.75. The molecule has 5 rings (SSSR count). The van der Waals surface area contributed by atoms with E-state index >= 15 is 0 Å². The highest BCUT2D eigenvalue weighted by molar-refractivity contribution is 6.29. The molecule has 2 aliphatic heterocycles. The first-order chi connectivity index (χ1) is 21.4. The third-order valence-corrected chi connectivity index (χ3v) is 8.46. The van der Waals surface area contributed by atoms with Gasteiger partial charge in [-0.25, -0.2) is 9.97 Å². The minimum absolute atomic E-state index is 0.185. The minimum atomic E-state index is 0.185. The number of piperazine rings is 1. The maximum Gasteiger partial charge on any atom is 0.228 e. The molecule has 0 unspecified atom stereocenters. The average Bonchev–Trinajstić information content (AvgIpc) is 3.05. The molecule has 0 bridgehead atoms. The van der Waals surface area contributed by atoms with Crippen LogP contribution in [0, 0.1) is 0 Å². The fourth-order valence-corrected chi connectivity index (χ4v) is 5.91.